The zero-order chi connectivity index (χ0) is 30.1. The van der Waals surface area contributed by atoms with Crippen molar-refractivity contribution in [3.63, 3.8) is 0 Å². The number of rotatable bonds is 12. The van der Waals surface area contributed by atoms with Crippen molar-refractivity contribution < 1.29 is 43.3 Å². The van der Waals surface area contributed by atoms with Gasteiger partial charge >= 0.3 is 0 Å². The number of imide groups is 3. The Hall–Kier alpha value is -5.08. The van der Waals surface area contributed by atoms with E-state index in [4.69, 9.17) is 14.5 Å². The van der Waals surface area contributed by atoms with E-state index in [1.165, 1.54) is 0 Å². The Morgan fingerprint density at radius 3 is 0.814 bits per heavy atom. The van der Waals surface area contributed by atoms with Gasteiger partial charge in [-0.3, -0.25) is 48.2 Å². The predicted octanol–water partition coefficient (Wildman–Crippen LogP) is 1.97. The van der Waals surface area contributed by atoms with Crippen molar-refractivity contribution in [3.05, 3.63) is 106 Å². The highest BCUT2D eigenvalue weighted by Gasteiger charge is 2.38. The second-order valence-corrected chi connectivity index (χ2v) is 9.69. The van der Waals surface area contributed by atoms with Gasteiger partial charge in [0.25, 0.3) is 35.4 Å². The highest BCUT2D eigenvalue weighted by molar-refractivity contribution is 6.21. The number of hydroxylamine groups is 6. The van der Waals surface area contributed by atoms with Gasteiger partial charge in [0.05, 0.1) is 53.2 Å². The minimum absolute atomic E-state index is 0.0918. The first kappa shape index (κ1) is 28.1. The van der Waals surface area contributed by atoms with Gasteiger partial charge in [-0.1, -0.05) is 36.4 Å². The van der Waals surface area contributed by atoms with Gasteiger partial charge in [0, 0.05) is 19.6 Å². The van der Waals surface area contributed by atoms with Crippen LogP contribution in [0.1, 0.15) is 62.1 Å². The van der Waals surface area contributed by atoms with Crippen LogP contribution in [0.15, 0.2) is 72.8 Å². The van der Waals surface area contributed by atoms with Crippen LogP contribution in [0.5, 0.6) is 0 Å². The second kappa shape index (κ2) is 11.7. The van der Waals surface area contributed by atoms with Crippen molar-refractivity contribution in [1.82, 2.24) is 20.1 Å². The highest BCUT2D eigenvalue weighted by Crippen LogP contribution is 2.25. The van der Waals surface area contributed by atoms with Gasteiger partial charge in [-0.2, -0.15) is 0 Å². The van der Waals surface area contributed by atoms with Gasteiger partial charge in [-0.15, -0.1) is 15.2 Å². The Labute approximate surface area is 244 Å². The molecule has 0 saturated carbocycles. The smallest absolute Gasteiger partial charge is 0.285 e. The molecule has 218 valence electrons. The molecule has 3 heterocycles. The lowest BCUT2D eigenvalue weighted by atomic mass is 10.1. The molecule has 13 heteroatoms. The lowest BCUT2D eigenvalue weighted by Gasteiger charge is -2.24. The molecular weight excluding hydrogens is 560 g/mol. The van der Waals surface area contributed by atoms with Crippen LogP contribution in [-0.4, -0.2) is 95.0 Å². The Balaban J connectivity index is 1.06. The molecule has 0 bridgehead atoms. The number of hydrogen-bond donors (Lipinski definition) is 0. The topological polar surface area (TPSA) is 143 Å². The lowest BCUT2D eigenvalue weighted by molar-refractivity contribution is -0.116. The van der Waals surface area contributed by atoms with Gasteiger partial charge in [-0.25, -0.2) is 0 Å². The summed E-state index contributed by atoms with van der Waals surface area (Å²) in [7, 11) is 0. The minimum Gasteiger partial charge on any atom is -0.296 e. The van der Waals surface area contributed by atoms with E-state index < -0.39 is 35.4 Å². The maximum atomic E-state index is 12.6. The van der Waals surface area contributed by atoms with Crippen LogP contribution < -0.4 is 0 Å². The molecule has 3 aliphatic heterocycles. The molecular formula is C30H24N4O9. The molecule has 6 amide bonds. The van der Waals surface area contributed by atoms with E-state index in [0.717, 1.165) is 0 Å². The summed E-state index contributed by atoms with van der Waals surface area (Å²) in [5.41, 5.74) is 1.46. The summed E-state index contributed by atoms with van der Waals surface area (Å²) in [6.07, 6.45) is 0. The molecule has 0 aromatic heterocycles. The fourth-order valence-corrected chi connectivity index (χ4v) is 4.97. The maximum Gasteiger partial charge on any atom is 0.285 e. The first-order valence-corrected chi connectivity index (χ1v) is 13.4. The predicted molar refractivity (Wildman–Crippen MR) is 145 cm³/mol. The molecule has 0 N–H and O–H groups in total. The third-order valence-electron chi connectivity index (χ3n) is 7.15. The van der Waals surface area contributed by atoms with Gasteiger partial charge in [-0.05, 0) is 36.4 Å². The van der Waals surface area contributed by atoms with Gasteiger partial charge in [0.15, 0.2) is 0 Å². The molecule has 3 aromatic rings. The summed E-state index contributed by atoms with van der Waals surface area (Å²) in [5.74, 6) is -3.44. The molecule has 0 atom stereocenters. The monoisotopic (exact) mass is 584 g/mol. The van der Waals surface area contributed by atoms with E-state index in [-0.39, 0.29) is 72.8 Å². The van der Waals surface area contributed by atoms with E-state index in [1.54, 1.807) is 77.7 Å². The third-order valence-corrected chi connectivity index (χ3v) is 7.15. The molecule has 3 aliphatic rings. The molecule has 13 nitrogen and oxygen atoms in total. The average molecular weight is 585 g/mol. The van der Waals surface area contributed by atoms with E-state index >= 15 is 0 Å². The maximum absolute atomic E-state index is 12.6. The van der Waals surface area contributed by atoms with Crippen molar-refractivity contribution in [1.29, 1.82) is 0 Å². The van der Waals surface area contributed by atoms with Gasteiger partial charge < -0.3 is 0 Å². The molecule has 0 fully saturated rings. The van der Waals surface area contributed by atoms with Crippen LogP contribution in [0.4, 0.5) is 0 Å². The molecule has 0 saturated heterocycles. The van der Waals surface area contributed by atoms with Gasteiger partial charge in [0.1, 0.15) is 0 Å². The normalized spacial score (nSPS) is 15.7. The van der Waals surface area contributed by atoms with Crippen LogP contribution in [0.2, 0.25) is 0 Å². The number of amides is 6. The van der Waals surface area contributed by atoms with Crippen LogP contribution >= 0.6 is 0 Å². The molecule has 43 heavy (non-hydrogen) atoms. The first-order chi connectivity index (χ1) is 20.9. The Morgan fingerprint density at radius 2 is 0.605 bits per heavy atom. The van der Waals surface area contributed by atoms with Crippen molar-refractivity contribution in [2.45, 2.75) is 0 Å². The molecule has 0 spiro atoms. The fourth-order valence-electron chi connectivity index (χ4n) is 4.97. The molecule has 6 rings (SSSR count). The lowest BCUT2D eigenvalue weighted by Crippen LogP contribution is -2.40. The molecule has 0 unspecified atom stereocenters. The number of carbonyl (C=O) groups excluding carboxylic acids is 6. The zero-order valence-corrected chi connectivity index (χ0v) is 22.6. The van der Waals surface area contributed by atoms with Crippen LogP contribution in [0, 0.1) is 0 Å². The average Bonchev–Trinajstić information content (AvgIpc) is 3.53. The van der Waals surface area contributed by atoms with Gasteiger partial charge in [0.2, 0.25) is 0 Å². The first-order valence-electron chi connectivity index (χ1n) is 13.4. The van der Waals surface area contributed by atoms with E-state index in [0.29, 0.717) is 15.2 Å². The Morgan fingerprint density at radius 1 is 0.395 bits per heavy atom. The molecule has 3 aromatic carbocycles. The number of carbonyl (C=O) groups is 6. The van der Waals surface area contributed by atoms with Crippen molar-refractivity contribution in [3.8, 4) is 0 Å². The van der Waals surface area contributed by atoms with Crippen LogP contribution in [0.25, 0.3) is 0 Å². The number of benzene rings is 3. The van der Waals surface area contributed by atoms with Crippen molar-refractivity contribution >= 4 is 35.4 Å². The second-order valence-electron chi connectivity index (χ2n) is 9.69. The SMILES string of the molecule is O=C1c2ccccc2C(=O)N1OCCN(CCON1C(=O)c2ccccc2C1=O)CCON1C(=O)c2ccccc2C1=O. The van der Waals surface area contributed by atoms with Crippen LogP contribution in [0.3, 0.4) is 0 Å². The Bertz CT molecular complexity index is 1370. The summed E-state index contributed by atoms with van der Waals surface area (Å²) < 4.78 is 0. The van der Waals surface area contributed by atoms with Crippen LogP contribution in [-0.2, 0) is 14.5 Å². The molecule has 0 radical (unpaired) electrons. The minimum atomic E-state index is -0.574. The number of nitrogens with zero attached hydrogens (tertiary/aromatic N) is 4. The zero-order valence-electron chi connectivity index (χ0n) is 22.6. The highest BCUT2D eigenvalue weighted by atomic mass is 16.7. The number of hydrogen-bond acceptors (Lipinski definition) is 10. The van der Waals surface area contributed by atoms with E-state index in [9.17, 15) is 28.8 Å². The quantitative estimate of drug-likeness (QED) is 0.290. The van der Waals surface area contributed by atoms with E-state index in [1.807, 2.05) is 0 Å². The standard InChI is InChI=1S/C30H24N4O9/c35-25-19-7-1-2-8-20(19)26(36)32(25)41-16-13-31(14-17-42-33-27(37)21-9-3-4-10-22(21)28(33)38)15-18-43-34-29(39)23-11-5-6-12-24(23)30(34)40/h1-12H,13-18H2. The van der Waals surface area contributed by atoms with Crippen molar-refractivity contribution in [2.75, 3.05) is 39.5 Å². The summed E-state index contributed by atoms with van der Waals surface area (Å²) in [6.45, 7) is 0.196. The number of fused-ring (bicyclic) bond motifs is 3. The third kappa shape index (κ3) is 5.10. The summed E-state index contributed by atoms with van der Waals surface area (Å²) in [6, 6.07) is 19.1. The largest absolute Gasteiger partial charge is 0.296 e. The van der Waals surface area contributed by atoms with E-state index in [2.05, 4.69) is 0 Å². The summed E-state index contributed by atoms with van der Waals surface area (Å²) in [4.78, 5) is 94.0. The summed E-state index contributed by atoms with van der Waals surface area (Å²) in [5, 5.41) is 2.11. The summed E-state index contributed by atoms with van der Waals surface area (Å²) >= 11 is 0. The van der Waals surface area contributed by atoms with Crippen molar-refractivity contribution in [2.24, 2.45) is 0 Å². The fraction of sp³-hybridized carbons (Fsp3) is 0.200. The Kier molecular flexibility index (Phi) is 7.61. The molecule has 0 aliphatic carbocycles.